The van der Waals surface area contributed by atoms with Gasteiger partial charge in [-0.3, -0.25) is 0 Å². The van der Waals surface area contributed by atoms with E-state index >= 15 is 0 Å². The molecule has 3 rings (SSSR count). The van der Waals surface area contributed by atoms with Crippen molar-refractivity contribution in [3.8, 4) is 17.6 Å². The van der Waals surface area contributed by atoms with Crippen LogP contribution in [0.3, 0.4) is 0 Å². The smallest absolute Gasteiger partial charge is 0.399 e. The van der Waals surface area contributed by atoms with Crippen LogP contribution in [-0.2, 0) is 6.42 Å². The summed E-state index contributed by atoms with van der Waals surface area (Å²) in [6.45, 7) is 2.21. The topological polar surface area (TPSA) is 9.23 Å². The van der Waals surface area contributed by atoms with Crippen LogP contribution in [-0.4, -0.2) is 6.36 Å². The second kappa shape index (κ2) is 12.1. The number of hydrogen-bond donors (Lipinski definition) is 0. The Balaban J connectivity index is 1.50. The highest BCUT2D eigenvalue weighted by Gasteiger charge is 2.34. The van der Waals surface area contributed by atoms with Gasteiger partial charge in [-0.15, -0.1) is 13.2 Å². The number of allylic oxidation sites excluding steroid dienone is 2. The van der Waals surface area contributed by atoms with E-state index in [0.717, 1.165) is 44.2 Å². The fourth-order valence-corrected chi connectivity index (χ4v) is 4.34. The minimum atomic E-state index is -5.17. The molecular weight excluding hydrogens is 447 g/mol. The highest BCUT2D eigenvalue weighted by molar-refractivity contribution is 5.42. The first-order chi connectivity index (χ1) is 16.2. The molecule has 6 heteroatoms. The van der Waals surface area contributed by atoms with Gasteiger partial charge in [0.15, 0.2) is 11.6 Å². The highest BCUT2D eigenvalue weighted by atomic mass is 19.4. The normalized spacial score (nSPS) is 18.5. The average Bonchev–Trinajstić information content (AvgIpc) is 2.80. The number of aryl methyl sites for hydroxylation is 1. The van der Waals surface area contributed by atoms with Crippen molar-refractivity contribution in [3.63, 3.8) is 0 Å². The lowest BCUT2D eigenvalue weighted by atomic mass is 9.78. The molecule has 0 aliphatic heterocycles. The van der Waals surface area contributed by atoms with Gasteiger partial charge in [0.1, 0.15) is 0 Å². The summed E-state index contributed by atoms with van der Waals surface area (Å²) in [4.78, 5) is 0. The molecule has 1 nitrogen and oxygen atoms in total. The van der Waals surface area contributed by atoms with Crippen LogP contribution in [0.4, 0.5) is 22.0 Å². The molecule has 0 bridgehead atoms. The van der Waals surface area contributed by atoms with Gasteiger partial charge in [-0.05, 0) is 79.7 Å². The number of hydrogen-bond acceptors (Lipinski definition) is 1. The number of rotatable bonds is 7. The third-order valence-corrected chi connectivity index (χ3v) is 6.18. The molecule has 0 saturated heterocycles. The SMILES string of the molecule is CCCCCc1ccc([C@H]2CC[C@H](C=CC#Cc3cc(F)c(OC(F)(F)F)c(F)c3)CC2)cc1. The van der Waals surface area contributed by atoms with Crippen LogP contribution in [0.2, 0.25) is 0 Å². The lowest BCUT2D eigenvalue weighted by molar-refractivity contribution is -0.276. The van der Waals surface area contributed by atoms with Gasteiger partial charge < -0.3 is 4.74 Å². The Labute approximate surface area is 198 Å². The average molecular weight is 477 g/mol. The minimum Gasteiger partial charge on any atom is -0.399 e. The van der Waals surface area contributed by atoms with Crippen LogP contribution in [0.25, 0.3) is 0 Å². The summed E-state index contributed by atoms with van der Waals surface area (Å²) in [5.41, 5.74) is 2.73. The van der Waals surface area contributed by atoms with E-state index in [2.05, 4.69) is 47.8 Å². The number of unbranched alkanes of at least 4 members (excludes halogenated alkanes) is 2. The van der Waals surface area contributed by atoms with Gasteiger partial charge in [-0.25, -0.2) is 8.78 Å². The molecule has 182 valence electrons. The Kier molecular flexibility index (Phi) is 9.15. The largest absolute Gasteiger partial charge is 0.573 e. The van der Waals surface area contributed by atoms with Crippen LogP contribution < -0.4 is 4.74 Å². The summed E-state index contributed by atoms with van der Waals surface area (Å²) in [7, 11) is 0. The summed E-state index contributed by atoms with van der Waals surface area (Å²) < 4.78 is 67.6. The van der Waals surface area contributed by atoms with E-state index in [0.29, 0.717) is 11.8 Å². The van der Waals surface area contributed by atoms with E-state index in [1.54, 1.807) is 6.08 Å². The molecule has 0 unspecified atom stereocenters. The Morgan fingerprint density at radius 2 is 1.62 bits per heavy atom. The lowest BCUT2D eigenvalue weighted by Crippen LogP contribution is -2.19. The first-order valence-electron chi connectivity index (χ1n) is 11.8. The molecule has 0 heterocycles. The molecule has 1 saturated carbocycles. The van der Waals surface area contributed by atoms with Gasteiger partial charge in [0.05, 0.1) is 0 Å². The monoisotopic (exact) mass is 476 g/mol. The van der Waals surface area contributed by atoms with Gasteiger partial charge >= 0.3 is 6.36 Å². The first kappa shape index (κ1) is 25.8. The third-order valence-electron chi connectivity index (χ3n) is 6.18. The van der Waals surface area contributed by atoms with Crippen LogP contribution in [0.1, 0.15) is 74.5 Å². The van der Waals surface area contributed by atoms with Gasteiger partial charge in [0.2, 0.25) is 5.75 Å². The van der Waals surface area contributed by atoms with Gasteiger partial charge in [0.25, 0.3) is 0 Å². The number of benzene rings is 2. The fourth-order valence-electron chi connectivity index (χ4n) is 4.34. The summed E-state index contributed by atoms with van der Waals surface area (Å²) in [5.74, 6) is 1.85. The van der Waals surface area contributed by atoms with E-state index in [1.165, 1.54) is 30.4 Å². The molecule has 2 aromatic rings. The van der Waals surface area contributed by atoms with E-state index in [1.807, 2.05) is 6.08 Å². The van der Waals surface area contributed by atoms with Crippen molar-refractivity contribution in [2.45, 2.75) is 70.6 Å². The van der Waals surface area contributed by atoms with Crippen LogP contribution in [0.15, 0.2) is 48.6 Å². The predicted octanol–water partition coefficient (Wildman–Crippen LogP) is 8.48. The molecule has 0 N–H and O–H groups in total. The number of halogens is 5. The van der Waals surface area contributed by atoms with E-state index in [-0.39, 0.29) is 5.56 Å². The van der Waals surface area contributed by atoms with Crippen molar-refractivity contribution in [1.29, 1.82) is 0 Å². The molecule has 1 aliphatic rings. The maximum absolute atomic E-state index is 13.8. The molecule has 0 amide bonds. The maximum Gasteiger partial charge on any atom is 0.573 e. The van der Waals surface area contributed by atoms with Crippen molar-refractivity contribution in [2.75, 3.05) is 0 Å². The zero-order valence-corrected chi connectivity index (χ0v) is 19.2. The Morgan fingerprint density at radius 1 is 0.971 bits per heavy atom. The highest BCUT2D eigenvalue weighted by Crippen LogP contribution is 2.36. The van der Waals surface area contributed by atoms with Crippen molar-refractivity contribution in [2.24, 2.45) is 5.92 Å². The number of alkyl halides is 3. The summed E-state index contributed by atoms with van der Waals surface area (Å²) in [6.07, 6.45) is 7.58. The number of ether oxygens (including phenoxy) is 1. The molecule has 0 aromatic heterocycles. The molecule has 1 fully saturated rings. The quantitative estimate of drug-likeness (QED) is 0.221. The molecule has 0 atom stereocenters. The summed E-state index contributed by atoms with van der Waals surface area (Å²) in [5, 5.41) is 0. The minimum absolute atomic E-state index is 0.0592. The van der Waals surface area contributed by atoms with Crippen molar-refractivity contribution < 1.29 is 26.7 Å². The second-order valence-corrected chi connectivity index (χ2v) is 8.76. The summed E-state index contributed by atoms with van der Waals surface area (Å²) in [6, 6.07) is 10.5. The zero-order valence-electron chi connectivity index (χ0n) is 19.2. The lowest BCUT2D eigenvalue weighted by Gasteiger charge is -2.27. The second-order valence-electron chi connectivity index (χ2n) is 8.76. The Hall–Kier alpha value is -2.81. The molecule has 0 radical (unpaired) electrons. The molecule has 0 spiro atoms. The van der Waals surface area contributed by atoms with Crippen molar-refractivity contribution in [3.05, 3.63) is 76.9 Å². The van der Waals surface area contributed by atoms with Gasteiger partial charge in [0, 0.05) is 5.56 Å². The van der Waals surface area contributed by atoms with Crippen LogP contribution >= 0.6 is 0 Å². The van der Waals surface area contributed by atoms with E-state index in [9.17, 15) is 22.0 Å². The third kappa shape index (κ3) is 7.90. The Bertz CT molecular complexity index is 996. The predicted molar refractivity (Wildman–Crippen MR) is 123 cm³/mol. The van der Waals surface area contributed by atoms with Gasteiger partial charge in [-0.2, -0.15) is 0 Å². The first-order valence-corrected chi connectivity index (χ1v) is 11.8. The van der Waals surface area contributed by atoms with Gasteiger partial charge in [-0.1, -0.05) is 61.9 Å². The fraction of sp³-hybridized carbons (Fsp3) is 0.429. The van der Waals surface area contributed by atoms with Crippen LogP contribution in [0, 0.1) is 29.4 Å². The molecular formula is C28H29F5O. The molecule has 34 heavy (non-hydrogen) atoms. The van der Waals surface area contributed by atoms with E-state index < -0.39 is 23.7 Å². The van der Waals surface area contributed by atoms with E-state index in [4.69, 9.17) is 0 Å². The zero-order chi connectivity index (χ0) is 24.6. The standard InChI is InChI=1S/C28H29F5O/c1-2-3-4-7-20-10-14-23(15-11-20)24-16-12-21(13-17-24)8-5-6-9-22-18-25(29)27(26(30)19-22)34-28(31,32)33/h5,8,10-11,14-15,18-19,21,24H,2-4,7,12-13,16-17H2,1H3/t21-,24-. The van der Waals surface area contributed by atoms with Crippen LogP contribution in [0.5, 0.6) is 5.75 Å². The van der Waals surface area contributed by atoms with Crippen molar-refractivity contribution >= 4 is 0 Å². The molecule has 1 aliphatic carbocycles. The molecule has 2 aromatic carbocycles. The maximum atomic E-state index is 13.8. The Morgan fingerprint density at radius 3 is 2.21 bits per heavy atom. The van der Waals surface area contributed by atoms with Crippen molar-refractivity contribution in [1.82, 2.24) is 0 Å². The summed E-state index contributed by atoms with van der Waals surface area (Å²) >= 11 is 0.